The highest BCUT2D eigenvalue weighted by molar-refractivity contribution is 5.21. The standard InChI is InChI=1S/C17H29N3/c1-4-6-17(7-8-17)12-20-15-5-9-18-11-14(15)19-16(20)10-13(2)3/h13,18H,4-12H2,1-3H3. The molecule has 112 valence electrons. The highest BCUT2D eigenvalue weighted by Gasteiger charge is 2.42. The molecule has 2 heterocycles. The minimum Gasteiger partial charge on any atom is -0.331 e. The third-order valence-electron chi connectivity index (χ3n) is 4.89. The van der Waals surface area contributed by atoms with Gasteiger partial charge in [0, 0.05) is 38.2 Å². The van der Waals surface area contributed by atoms with Gasteiger partial charge in [-0.25, -0.2) is 4.98 Å². The molecule has 3 nitrogen and oxygen atoms in total. The Kier molecular flexibility index (Phi) is 3.89. The molecule has 1 aliphatic heterocycles. The monoisotopic (exact) mass is 275 g/mol. The lowest BCUT2D eigenvalue weighted by Gasteiger charge is -2.21. The maximum Gasteiger partial charge on any atom is 0.109 e. The van der Waals surface area contributed by atoms with E-state index in [1.165, 1.54) is 49.4 Å². The molecule has 0 saturated heterocycles. The van der Waals surface area contributed by atoms with Crippen LogP contribution in [0.2, 0.25) is 0 Å². The molecule has 1 fully saturated rings. The summed E-state index contributed by atoms with van der Waals surface area (Å²) in [6.07, 6.45) is 7.83. The molecule has 1 saturated carbocycles. The van der Waals surface area contributed by atoms with Gasteiger partial charge in [-0.2, -0.15) is 0 Å². The van der Waals surface area contributed by atoms with E-state index in [0.29, 0.717) is 11.3 Å². The van der Waals surface area contributed by atoms with Crippen molar-refractivity contribution in [3.05, 3.63) is 17.2 Å². The summed E-state index contributed by atoms with van der Waals surface area (Å²) in [5, 5.41) is 3.46. The topological polar surface area (TPSA) is 29.9 Å². The molecule has 1 aromatic heterocycles. The van der Waals surface area contributed by atoms with Gasteiger partial charge in [0.05, 0.1) is 5.69 Å². The van der Waals surface area contributed by atoms with Crippen LogP contribution in [0.1, 0.15) is 63.7 Å². The predicted molar refractivity (Wildman–Crippen MR) is 82.8 cm³/mol. The van der Waals surface area contributed by atoms with Crippen LogP contribution < -0.4 is 5.32 Å². The molecule has 3 heteroatoms. The Morgan fingerprint density at radius 1 is 1.35 bits per heavy atom. The quantitative estimate of drug-likeness (QED) is 0.863. The molecule has 20 heavy (non-hydrogen) atoms. The molecule has 1 N–H and O–H groups in total. The number of rotatable bonds is 6. The molecule has 0 aromatic carbocycles. The van der Waals surface area contributed by atoms with Gasteiger partial charge in [0.25, 0.3) is 0 Å². The summed E-state index contributed by atoms with van der Waals surface area (Å²) < 4.78 is 2.61. The van der Waals surface area contributed by atoms with Crippen LogP contribution in [0.25, 0.3) is 0 Å². The van der Waals surface area contributed by atoms with Crippen LogP contribution in [0.5, 0.6) is 0 Å². The van der Waals surface area contributed by atoms with Crippen molar-refractivity contribution in [2.75, 3.05) is 6.54 Å². The molecule has 1 aromatic rings. The van der Waals surface area contributed by atoms with Crippen LogP contribution in [0.4, 0.5) is 0 Å². The summed E-state index contributed by atoms with van der Waals surface area (Å²) in [5.74, 6) is 2.03. The first kappa shape index (κ1) is 14.1. The fourth-order valence-electron chi connectivity index (χ4n) is 3.66. The average Bonchev–Trinajstić information content (AvgIpc) is 3.08. The Morgan fingerprint density at radius 3 is 2.80 bits per heavy atom. The first-order valence-corrected chi connectivity index (χ1v) is 8.41. The maximum atomic E-state index is 4.96. The van der Waals surface area contributed by atoms with Gasteiger partial charge in [0.2, 0.25) is 0 Å². The second-order valence-electron chi connectivity index (χ2n) is 7.28. The third kappa shape index (κ3) is 2.78. The van der Waals surface area contributed by atoms with Crippen molar-refractivity contribution in [2.45, 2.75) is 72.4 Å². The molecule has 0 radical (unpaired) electrons. The van der Waals surface area contributed by atoms with Gasteiger partial charge >= 0.3 is 0 Å². The smallest absolute Gasteiger partial charge is 0.109 e. The number of nitrogens with one attached hydrogen (secondary N) is 1. The first-order valence-electron chi connectivity index (χ1n) is 8.41. The van der Waals surface area contributed by atoms with E-state index in [9.17, 15) is 0 Å². The average molecular weight is 275 g/mol. The zero-order valence-corrected chi connectivity index (χ0v) is 13.3. The largest absolute Gasteiger partial charge is 0.331 e. The van der Waals surface area contributed by atoms with Crippen molar-refractivity contribution < 1.29 is 0 Å². The zero-order chi connectivity index (χ0) is 14.2. The first-order chi connectivity index (χ1) is 9.63. The lowest BCUT2D eigenvalue weighted by atomic mass is 10.00. The fraction of sp³-hybridized carbons (Fsp3) is 0.824. The summed E-state index contributed by atoms with van der Waals surface area (Å²) in [6, 6.07) is 0. The van der Waals surface area contributed by atoms with Crippen molar-refractivity contribution in [1.29, 1.82) is 0 Å². The van der Waals surface area contributed by atoms with E-state index in [-0.39, 0.29) is 0 Å². The maximum absolute atomic E-state index is 4.96. The van der Waals surface area contributed by atoms with Gasteiger partial charge in [-0.3, -0.25) is 0 Å². The van der Waals surface area contributed by atoms with E-state index in [1.807, 2.05) is 0 Å². The number of aromatic nitrogens is 2. The van der Waals surface area contributed by atoms with E-state index >= 15 is 0 Å². The van der Waals surface area contributed by atoms with Crippen molar-refractivity contribution in [2.24, 2.45) is 11.3 Å². The molecular weight excluding hydrogens is 246 g/mol. The number of nitrogens with zero attached hydrogens (tertiary/aromatic N) is 2. The molecule has 3 rings (SSSR count). The highest BCUT2D eigenvalue weighted by atomic mass is 15.1. The number of hydrogen-bond acceptors (Lipinski definition) is 2. The van der Waals surface area contributed by atoms with E-state index in [4.69, 9.17) is 4.98 Å². The van der Waals surface area contributed by atoms with Gasteiger partial charge in [0.1, 0.15) is 5.82 Å². The molecule has 1 aliphatic carbocycles. The Morgan fingerprint density at radius 2 is 2.15 bits per heavy atom. The minimum absolute atomic E-state index is 0.611. The Labute approximate surface area is 123 Å². The van der Waals surface area contributed by atoms with E-state index in [2.05, 4.69) is 30.7 Å². The second-order valence-corrected chi connectivity index (χ2v) is 7.28. The van der Waals surface area contributed by atoms with Gasteiger partial charge in [-0.15, -0.1) is 0 Å². The summed E-state index contributed by atoms with van der Waals surface area (Å²) >= 11 is 0. The van der Waals surface area contributed by atoms with Crippen LogP contribution in [0.15, 0.2) is 0 Å². The predicted octanol–water partition coefficient (Wildman–Crippen LogP) is 3.31. The van der Waals surface area contributed by atoms with Crippen LogP contribution in [0, 0.1) is 11.3 Å². The zero-order valence-electron chi connectivity index (χ0n) is 13.3. The van der Waals surface area contributed by atoms with Crippen molar-refractivity contribution >= 4 is 0 Å². The lowest BCUT2D eigenvalue weighted by molar-refractivity contribution is 0.370. The van der Waals surface area contributed by atoms with Crippen molar-refractivity contribution in [1.82, 2.24) is 14.9 Å². The van der Waals surface area contributed by atoms with E-state index in [1.54, 1.807) is 0 Å². The Balaban J connectivity index is 1.88. The SMILES string of the molecule is CCCC1(Cn2c(CC(C)C)nc3c2CCNC3)CC1. The summed E-state index contributed by atoms with van der Waals surface area (Å²) in [4.78, 5) is 4.96. The third-order valence-corrected chi connectivity index (χ3v) is 4.89. The molecule has 0 atom stereocenters. The molecular formula is C17H29N3. The number of fused-ring (bicyclic) bond motifs is 1. The normalized spacial score (nSPS) is 20.2. The Hall–Kier alpha value is -0.830. The van der Waals surface area contributed by atoms with Gasteiger partial charge in [-0.1, -0.05) is 27.2 Å². The van der Waals surface area contributed by atoms with Crippen molar-refractivity contribution in [3.63, 3.8) is 0 Å². The lowest BCUT2D eigenvalue weighted by Crippen LogP contribution is -2.26. The molecule has 0 bridgehead atoms. The number of imidazole rings is 1. The van der Waals surface area contributed by atoms with Gasteiger partial charge < -0.3 is 9.88 Å². The summed E-state index contributed by atoms with van der Waals surface area (Å²) in [7, 11) is 0. The summed E-state index contributed by atoms with van der Waals surface area (Å²) in [6.45, 7) is 10.2. The highest BCUT2D eigenvalue weighted by Crippen LogP contribution is 2.51. The van der Waals surface area contributed by atoms with E-state index in [0.717, 1.165) is 25.9 Å². The van der Waals surface area contributed by atoms with Crippen LogP contribution in [-0.2, 0) is 25.9 Å². The molecule has 2 aliphatic rings. The van der Waals surface area contributed by atoms with Crippen molar-refractivity contribution in [3.8, 4) is 0 Å². The molecule has 0 spiro atoms. The van der Waals surface area contributed by atoms with E-state index < -0.39 is 0 Å². The fourth-order valence-corrected chi connectivity index (χ4v) is 3.66. The van der Waals surface area contributed by atoms with Crippen LogP contribution >= 0.6 is 0 Å². The number of hydrogen-bond donors (Lipinski definition) is 1. The second kappa shape index (κ2) is 5.51. The van der Waals surface area contributed by atoms with Gasteiger partial charge in [0.15, 0.2) is 0 Å². The Bertz CT molecular complexity index is 469. The minimum atomic E-state index is 0.611. The van der Waals surface area contributed by atoms with Crippen LogP contribution in [0.3, 0.4) is 0 Å². The van der Waals surface area contributed by atoms with Crippen LogP contribution in [-0.4, -0.2) is 16.1 Å². The molecule has 0 unspecified atom stereocenters. The molecule has 0 amide bonds. The van der Waals surface area contributed by atoms with Gasteiger partial charge in [-0.05, 0) is 30.6 Å². The summed E-state index contributed by atoms with van der Waals surface area (Å²) in [5.41, 5.74) is 3.46.